The molecule has 2 aromatic heterocycles. The van der Waals surface area contributed by atoms with Gasteiger partial charge in [0.25, 0.3) is 0 Å². The average molecular weight is 816 g/mol. The summed E-state index contributed by atoms with van der Waals surface area (Å²) in [4.78, 5) is 32.3. The molecule has 10 nitrogen and oxygen atoms in total. The molecule has 0 spiro atoms. The molecule has 1 aliphatic rings. The summed E-state index contributed by atoms with van der Waals surface area (Å²) in [6.07, 6.45) is 3.63. The van der Waals surface area contributed by atoms with Crippen LogP contribution in [0, 0.1) is 27.7 Å². The van der Waals surface area contributed by atoms with Crippen LogP contribution in [-0.4, -0.2) is 56.9 Å². The van der Waals surface area contributed by atoms with E-state index in [-0.39, 0.29) is 12.2 Å². The third kappa shape index (κ3) is 10.1. The number of morpholine rings is 1. The SMILES string of the molecule is Cc1cc2ncnc(Oc3ccc(CC(=O)Cc4ccc(CN5CCOCC5)cc4)c(Cl)c3)c2cc1C.Cc1cc2ncnc(Oc3ccc(N)c(Cl)c3)c2cc1C. The number of rotatable bonds is 10. The number of fused-ring (bicyclic) bond motifs is 2. The van der Waals surface area contributed by atoms with Crippen LogP contribution in [0.15, 0.2) is 97.6 Å². The number of hydrogen-bond donors (Lipinski definition) is 1. The van der Waals surface area contributed by atoms with Crippen LogP contribution < -0.4 is 15.2 Å². The Bertz CT molecular complexity index is 2600. The summed E-state index contributed by atoms with van der Waals surface area (Å²) in [6, 6.07) is 27.0. The molecule has 5 aromatic carbocycles. The Morgan fingerprint density at radius 3 is 1.72 bits per heavy atom. The molecule has 1 fully saturated rings. The van der Waals surface area contributed by atoms with Crippen molar-refractivity contribution in [3.05, 3.63) is 147 Å². The van der Waals surface area contributed by atoms with Crippen molar-refractivity contribution in [1.82, 2.24) is 24.8 Å². The smallest absolute Gasteiger partial charge is 0.230 e. The summed E-state index contributed by atoms with van der Waals surface area (Å²) in [6.45, 7) is 12.6. The lowest BCUT2D eigenvalue weighted by Crippen LogP contribution is -2.35. The highest BCUT2D eigenvalue weighted by atomic mass is 35.5. The lowest BCUT2D eigenvalue weighted by molar-refractivity contribution is -0.117. The van der Waals surface area contributed by atoms with Gasteiger partial charge in [-0.15, -0.1) is 0 Å². The van der Waals surface area contributed by atoms with Crippen molar-refractivity contribution in [3.8, 4) is 23.3 Å². The van der Waals surface area contributed by atoms with Gasteiger partial charge in [0.05, 0.1) is 45.7 Å². The number of nitrogens with zero attached hydrogens (tertiary/aromatic N) is 5. The number of Topliss-reactive ketones (excluding diaryl/α,β-unsaturated/α-hetero) is 1. The van der Waals surface area contributed by atoms with Gasteiger partial charge in [0.15, 0.2) is 0 Å². The second-order valence-corrected chi connectivity index (χ2v) is 15.3. The average Bonchev–Trinajstić information content (AvgIpc) is 3.20. The quantitative estimate of drug-likeness (QED) is 0.133. The van der Waals surface area contributed by atoms with Crippen molar-refractivity contribution in [2.24, 2.45) is 0 Å². The number of nitrogen functional groups attached to an aromatic ring is 1. The fourth-order valence-corrected chi connectivity index (χ4v) is 6.97. The van der Waals surface area contributed by atoms with Crippen LogP contribution in [0.1, 0.15) is 38.9 Å². The highest BCUT2D eigenvalue weighted by Crippen LogP contribution is 2.33. The Morgan fingerprint density at radius 1 is 0.655 bits per heavy atom. The van der Waals surface area contributed by atoms with E-state index in [4.69, 9.17) is 43.1 Å². The van der Waals surface area contributed by atoms with E-state index in [2.05, 4.69) is 50.8 Å². The Labute approximate surface area is 347 Å². The van der Waals surface area contributed by atoms with E-state index < -0.39 is 0 Å². The van der Waals surface area contributed by atoms with Crippen LogP contribution in [0.3, 0.4) is 0 Å². The number of nitrogens with two attached hydrogens (primary N) is 1. The maximum absolute atomic E-state index is 12.8. The van der Waals surface area contributed by atoms with Crippen molar-refractivity contribution in [2.75, 3.05) is 32.0 Å². The minimum Gasteiger partial charge on any atom is -0.438 e. The summed E-state index contributed by atoms with van der Waals surface area (Å²) >= 11 is 12.5. The molecule has 0 unspecified atom stereocenters. The van der Waals surface area contributed by atoms with Gasteiger partial charge in [-0.25, -0.2) is 19.9 Å². The van der Waals surface area contributed by atoms with Crippen molar-refractivity contribution in [3.63, 3.8) is 0 Å². The Balaban J connectivity index is 0.000000206. The first-order valence-electron chi connectivity index (χ1n) is 19.0. The molecule has 0 bridgehead atoms. The monoisotopic (exact) mass is 814 g/mol. The molecule has 58 heavy (non-hydrogen) atoms. The lowest BCUT2D eigenvalue weighted by atomic mass is 10.0. The molecular weight excluding hydrogens is 771 g/mol. The zero-order valence-corrected chi connectivity index (χ0v) is 34.4. The Kier molecular flexibility index (Phi) is 12.8. The molecule has 3 heterocycles. The van der Waals surface area contributed by atoms with Gasteiger partial charge in [-0.1, -0.05) is 53.5 Å². The predicted molar refractivity (Wildman–Crippen MR) is 230 cm³/mol. The zero-order chi connectivity index (χ0) is 40.8. The number of hydrogen-bond acceptors (Lipinski definition) is 10. The largest absolute Gasteiger partial charge is 0.438 e. The minimum atomic E-state index is 0.115. The van der Waals surface area contributed by atoms with Gasteiger partial charge in [0, 0.05) is 43.6 Å². The number of aromatic nitrogens is 4. The van der Waals surface area contributed by atoms with Gasteiger partial charge in [0.1, 0.15) is 29.9 Å². The molecule has 0 amide bonds. The summed E-state index contributed by atoms with van der Waals surface area (Å²) in [5, 5.41) is 2.67. The molecule has 0 aliphatic carbocycles. The maximum atomic E-state index is 12.8. The summed E-state index contributed by atoms with van der Waals surface area (Å²) in [5.74, 6) is 2.25. The normalized spacial score (nSPS) is 12.9. The summed E-state index contributed by atoms with van der Waals surface area (Å²) in [7, 11) is 0. The van der Waals surface area contributed by atoms with E-state index >= 15 is 0 Å². The molecule has 12 heteroatoms. The van der Waals surface area contributed by atoms with Gasteiger partial charge in [0.2, 0.25) is 11.8 Å². The molecule has 8 rings (SSSR count). The molecule has 1 saturated heterocycles. The molecule has 296 valence electrons. The first-order chi connectivity index (χ1) is 28.0. The van der Waals surface area contributed by atoms with Crippen LogP contribution in [0.2, 0.25) is 10.0 Å². The molecule has 7 aromatic rings. The van der Waals surface area contributed by atoms with Crippen molar-refractivity contribution < 1.29 is 19.0 Å². The number of carbonyl (C=O) groups is 1. The molecule has 0 atom stereocenters. The predicted octanol–water partition coefficient (Wildman–Crippen LogP) is 10.2. The zero-order valence-electron chi connectivity index (χ0n) is 32.9. The number of ketones is 1. The number of aryl methyl sites for hydroxylation is 4. The number of carbonyl (C=O) groups excluding carboxylic acids is 1. The highest BCUT2D eigenvalue weighted by Gasteiger charge is 2.14. The molecule has 1 aliphatic heterocycles. The van der Waals surface area contributed by atoms with Gasteiger partial charge >= 0.3 is 0 Å². The molecule has 0 radical (unpaired) electrons. The standard InChI is InChI=1S/C30H30ClN3O3.C16H14ClN3O/c1-20-13-27-29(14-21(20)2)32-19-33-30(27)37-26-8-7-24(28(31)17-26)16-25(35)15-22-3-5-23(6-4-22)18-34-9-11-36-12-10-34;1-9-5-12-15(6-10(9)2)19-8-20-16(12)21-11-3-4-14(18)13(17)7-11/h3-8,13-14,17,19H,9-12,15-16,18H2,1-2H3;3-8H,18H2,1-2H3. The number of halogens is 2. The van der Waals surface area contributed by atoms with Gasteiger partial charge in [-0.2, -0.15) is 0 Å². The minimum absolute atomic E-state index is 0.115. The number of ether oxygens (including phenoxy) is 3. The van der Waals surface area contributed by atoms with E-state index in [1.54, 1.807) is 24.3 Å². The van der Waals surface area contributed by atoms with E-state index in [1.165, 1.54) is 23.8 Å². The second-order valence-electron chi connectivity index (χ2n) is 14.5. The van der Waals surface area contributed by atoms with E-state index in [9.17, 15) is 4.79 Å². The Morgan fingerprint density at radius 2 is 1.17 bits per heavy atom. The molecule has 2 N–H and O–H groups in total. The van der Waals surface area contributed by atoms with Crippen LogP contribution >= 0.6 is 23.2 Å². The Hall–Kier alpha value is -5.65. The molecule has 0 saturated carbocycles. The van der Waals surface area contributed by atoms with Gasteiger partial charge in [-0.05, 0) is 115 Å². The van der Waals surface area contributed by atoms with Crippen LogP contribution in [-0.2, 0) is 28.9 Å². The summed E-state index contributed by atoms with van der Waals surface area (Å²) < 4.78 is 17.3. The first-order valence-corrected chi connectivity index (χ1v) is 19.8. The second kappa shape index (κ2) is 18.3. The highest BCUT2D eigenvalue weighted by molar-refractivity contribution is 6.33. The topological polar surface area (TPSA) is 126 Å². The van der Waals surface area contributed by atoms with E-state index in [0.29, 0.717) is 45.4 Å². The fourth-order valence-electron chi connectivity index (χ4n) is 6.56. The third-order valence-electron chi connectivity index (χ3n) is 10.2. The lowest BCUT2D eigenvalue weighted by Gasteiger charge is -2.26. The van der Waals surface area contributed by atoms with Crippen molar-refractivity contribution in [1.29, 1.82) is 0 Å². The van der Waals surface area contributed by atoms with Gasteiger partial charge in [-0.3, -0.25) is 9.69 Å². The molecular formula is C46H44Cl2N6O4. The van der Waals surface area contributed by atoms with Gasteiger partial charge < -0.3 is 19.9 Å². The number of benzene rings is 5. The summed E-state index contributed by atoms with van der Waals surface area (Å²) in [5.41, 5.74) is 15.6. The van der Waals surface area contributed by atoms with Crippen LogP contribution in [0.4, 0.5) is 5.69 Å². The van der Waals surface area contributed by atoms with Crippen LogP contribution in [0.5, 0.6) is 23.3 Å². The van der Waals surface area contributed by atoms with E-state index in [0.717, 1.165) is 82.5 Å². The van der Waals surface area contributed by atoms with Crippen molar-refractivity contribution >= 4 is 56.5 Å². The maximum Gasteiger partial charge on any atom is 0.230 e. The fraction of sp³-hybridized carbons (Fsp3) is 0.239. The third-order valence-corrected chi connectivity index (χ3v) is 10.9. The first kappa shape index (κ1) is 40.5. The number of anilines is 1. The van der Waals surface area contributed by atoms with Crippen LogP contribution in [0.25, 0.3) is 21.8 Å². The van der Waals surface area contributed by atoms with E-state index in [1.807, 2.05) is 62.4 Å². The van der Waals surface area contributed by atoms with Crippen molar-refractivity contribution in [2.45, 2.75) is 47.1 Å².